The summed E-state index contributed by atoms with van der Waals surface area (Å²) in [6, 6.07) is 16.9. The molecule has 0 radical (unpaired) electrons. The average Bonchev–Trinajstić information content (AvgIpc) is 3.45. The van der Waals surface area contributed by atoms with Crippen molar-refractivity contribution in [2.24, 2.45) is 5.73 Å². The predicted molar refractivity (Wildman–Crippen MR) is 151 cm³/mol. The van der Waals surface area contributed by atoms with E-state index >= 15 is 0 Å². The molecule has 4 aromatic rings. The van der Waals surface area contributed by atoms with Crippen molar-refractivity contribution in [2.75, 3.05) is 11.8 Å². The number of aromatic nitrogens is 2. The van der Waals surface area contributed by atoms with Gasteiger partial charge in [0.2, 0.25) is 5.91 Å². The highest BCUT2D eigenvalue weighted by Crippen LogP contribution is 2.35. The summed E-state index contributed by atoms with van der Waals surface area (Å²) in [5.41, 5.74) is 8.14. The molecule has 2 aromatic heterocycles. The topological polar surface area (TPSA) is 111 Å². The van der Waals surface area contributed by atoms with Gasteiger partial charge in [-0.1, -0.05) is 41.9 Å². The number of amides is 1. The first kappa shape index (κ1) is 25.9. The Morgan fingerprint density at radius 1 is 1.24 bits per heavy atom. The minimum Gasteiger partial charge on any atom is -0.496 e. The number of thiophene rings is 1. The Labute approximate surface area is 228 Å². The molecule has 1 amide bonds. The molecule has 0 aliphatic heterocycles. The van der Waals surface area contributed by atoms with Gasteiger partial charge >= 0.3 is 0 Å². The summed E-state index contributed by atoms with van der Waals surface area (Å²) in [5.74, 6) is 0.850. The van der Waals surface area contributed by atoms with Crippen LogP contribution in [0.1, 0.15) is 30.4 Å². The largest absolute Gasteiger partial charge is 0.496 e. The summed E-state index contributed by atoms with van der Waals surface area (Å²) < 4.78 is 24.7. The van der Waals surface area contributed by atoms with Gasteiger partial charge in [0, 0.05) is 17.7 Å². The lowest BCUT2D eigenvalue weighted by Crippen LogP contribution is -2.58. The van der Waals surface area contributed by atoms with E-state index in [-0.39, 0.29) is 5.91 Å². The van der Waals surface area contributed by atoms with Gasteiger partial charge in [-0.3, -0.25) is 14.2 Å². The zero-order valence-corrected chi connectivity index (χ0v) is 23.2. The van der Waals surface area contributed by atoms with E-state index in [1.807, 2.05) is 47.1 Å². The second kappa shape index (κ2) is 10.2. The molecule has 0 saturated heterocycles. The summed E-state index contributed by atoms with van der Waals surface area (Å²) in [6.45, 7) is 0.838. The molecule has 1 aliphatic rings. The van der Waals surface area contributed by atoms with Crippen LogP contribution in [0.25, 0.3) is 10.9 Å². The number of nitrogens with two attached hydrogens (primary N) is 1. The number of carbonyl (C=O) groups is 1. The van der Waals surface area contributed by atoms with Crippen LogP contribution < -0.4 is 20.5 Å². The van der Waals surface area contributed by atoms with Gasteiger partial charge in [-0.15, -0.1) is 11.3 Å². The number of rotatable bonds is 9. The Kier molecular flexibility index (Phi) is 7.16. The number of nitrogens with zero attached hydrogens (tertiary/aromatic N) is 2. The van der Waals surface area contributed by atoms with Crippen LogP contribution in [0.5, 0.6) is 5.75 Å². The van der Waals surface area contributed by atoms with Crippen molar-refractivity contribution in [3.05, 3.63) is 70.1 Å². The lowest BCUT2D eigenvalue weighted by Gasteiger charge is -2.36. The monoisotopic (exact) mass is 575 g/mol. The Balaban J connectivity index is 1.42. The Hall–Kier alpha value is -2.70. The smallest absolute Gasteiger partial charge is 0.240 e. The second-order valence-electron chi connectivity index (χ2n) is 9.04. The fourth-order valence-corrected chi connectivity index (χ4v) is 7.54. The average molecular weight is 576 g/mol. The van der Waals surface area contributed by atoms with Gasteiger partial charge < -0.3 is 15.8 Å². The van der Waals surface area contributed by atoms with Crippen LogP contribution in [-0.2, 0) is 37.8 Å². The number of fused-ring (bicyclic) bond motifs is 1. The van der Waals surface area contributed by atoms with Crippen molar-refractivity contribution in [1.29, 1.82) is 0 Å². The summed E-state index contributed by atoms with van der Waals surface area (Å²) in [5, 5.41) is 8.37. The third kappa shape index (κ3) is 5.32. The Bertz CT molecular complexity index is 1580. The quantitative estimate of drug-likeness (QED) is 0.272. The standard InChI is InChI=1S/C25H26ClN5O3S3/c1-34-19-8-3-7-18-22(19)23(30-37(33,35)21-10-9-20(26)36-21)29-31(18)15-17-6-2-5-16(13-17)14-28-24(32)25(27)11-4-12-25/h2-3,5-10,13H,4,11-12,14-15,27H2,1H3,(H,28,32)(H,29,30). The summed E-state index contributed by atoms with van der Waals surface area (Å²) in [7, 11) is -1.49. The molecule has 12 heteroatoms. The Morgan fingerprint density at radius 3 is 2.68 bits per heavy atom. The first-order valence-corrected chi connectivity index (χ1v) is 15.3. The van der Waals surface area contributed by atoms with E-state index in [2.05, 4.69) is 10.0 Å². The molecule has 194 valence electrons. The van der Waals surface area contributed by atoms with E-state index in [9.17, 15) is 9.00 Å². The minimum atomic E-state index is -3.06. The molecule has 1 aliphatic carbocycles. The van der Waals surface area contributed by atoms with Crippen LogP contribution in [-0.4, -0.2) is 32.5 Å². The van der Waals surface area contributed by atoms with Gasteiger partial charge in [0.15, 0.2) is 14.5 Å². The second-order valence-corrected chi connectivity index (χ2v) is 14.1. The number of hydrogen-bond donors (Lipinski definition) is 3. The molecule has 1 atom stereocenters. The zero-order valence-electron chi connectivity index (χ0n) is 20.0. The van der Waals surface area contributed by atoms with E-state index in [4.69, 9.17) is 38.4 Å². The van der Waals surface area contributed by atoms with Gasteiger partial charge in [-0.2, -0.15) is 5.10 Å². The fourth-order valence-electron chi connectivity index (χ4n) is 4.33. The van der Waals surface area contributed by atoms with Crippen LogP contribution in [0, 0.1) is 0 Å². The molecular weight excluding hydrogens is 550 g/mol. The molecule has 8 nitrogen and oxygen atoms in total. The van der Waals surface area contributed by atoms with Crippen LogP contribution in [0.4, 0.5) is 5.82 Å². The third-order valence-corrected chi connectivity index (χ3v) is 10.7. The molecule has 1 fully saturated rings. The van der Waals surface area contributed by atoms with Crippen molar-refractivity contribution in [3.8, 4) is 5.75 Å². The van der Waals surface area contributed by atoms with Gasteiger partial charge in [-0.05, 0) is 54.7 Å². The van der Waals surface area contributed by atoms with Crippen molar-refractivity contribution in [3.63, 3.8) is 0 Å². The van der Waals surface area contributed by atoms with Gasteiger partial charge in [0.25, 0.3) is 0 Å². The van der Waals surface area contributed by atoms with Gasteiger partial charge in [0.1, 0.15) is 9.96 Å². The van der Waals surface area contributed by atoms with Crippen molar-refractivity contribution >= 4 is 65.4 Å². The van der Waals surface area contributed by atoms with E-state index in [1.54, 1.807) is 19.2 Å². The van der Waals surface area contributed by atoms with Crippen LogP contribution >= 0.6 is 22.9 Å². The predicted octanol–water partition coefficient (Wildman–Crippen LogP) is 4.44. The first-order valence-electron chi connectivity index (χ1n) is 11.7. The molecule has 0 bridgehead atoms. The number of anilines is 1. The lowest BCUT2D eigenvalue weighted by molar-refractivity contribution is -0.129. The number of hydrogen-bond acceptors (Lipinski definition) is 7. The fraction of sp³-hybridized carbons (Fsp3) is 0.280. The highest BCUT2D eigenvalue weighted by Gasteiger charge is 2.39. The van der Waals surface area contributed by atoms with Gasteiger partial charge in [0.05, 0.1) is 34.4 Å². The third-order valence-electron chi connectivity index (χ3n) is 6.48. The molecular formula is C25H26ClN5O3S3. The molecule has 2 heterocycles. The van der Waals surface area contributed by atoms with Crippen molar-refractivity contribution in [1.82, 2.24) is 15.1 Å². The SMILES string of the molecule is COc1cccc2c1c(NS(=O)(=S)c1ccc(Cl)s1)nn2Cc1cccc(CNC(=O)C2(N)CCC2)c1. The van der Waals surface area contributed by atoms with Gasteiger partial charge in [-0.25, -0.2) is 4.21 Å². The first-order chi connectivity index (χ1) is 17.7. The number of carbonyl (C=O) groups excluding carboxylic acids is 1. The van der Waals surface area contributed by atoms with Crippen LogP contribution in [0.15, 0.2) is 58.8 Å². The van der Waals surface area contributed by atoms with Crippen LogP contribution in [0.3, 0.4) is 0 Å². The van der Waals surface area contributed by atoms with E-state index in [1.165, 1.54) is 11.3 Å². The normalized spacial score (nSPS) is 16.1. The minimum absolute atomic E-state index is 0.107. The maximum atomic E-state index is 13.4. The number of halogens is 1. The van der Waals surface area contributed by atoms with E-state index < -0.39 is 14.2 Å². The molecule has 4 N–H and O–H groups in total. The zero-order chi connectivity index (χ0) is 26.2. The molecule has 1 saturated carbocycles. The van der Waals surface area contributed by atoms with Crippen molar-refractivity contribution < 1.29 is 13.7 Å². The Morgan fingerprint density at radius 2 is 2.00 bits per heavy atom. The molecule has 5 rings (SSSR count). The van der Waals surface area contributed by atoms with E-state index in [0.29, 0.717) is 38.6 Å². The highest BCUT2D eigenvalue weighted by molar-refractivity contribution is 8.34. The maximum absolute atomic E-state index is 13.4. The maximum Gasteiger partial charge on any atom is 0.240 e. The van der Waals surface area contributed by atoms with Crippen molar-refractivity contribution in [2.45, 2.75) is 42.1 Å². The summed E-state index contributed by atoms with van der Waals surface area (Å²) in [4.78, 5) is 12.4. The molecule has 37 heavy (non-hydrogen) atoms. The lowest BCUT2D eigenvalue weighted by atomic mass is 9.77. The molecule has 1 unspecified atom stereocenters. The highest BCUT2D eigenvalue weighted by atomic mass is 35.5. The number of nitrogens with one attached hydrogen (secondary N) is 2. The molecule has 2 aromatic carbocycles. The van der Waals surface area contributed by atoms with Crippen LogP contribution in [0.2, 0.25) is 4.34 Å². The number of benzene rings is 2. The number of ether oxygens (including phenoxy) is 1. The number of methoxy groups -OCH3 is 1. The molecule has 0 spiro atoms. The van der Waals surface area contributed by atoms with E-state index in [0.717, 1.165) is 35.9 Å². The summed E-state index contributed by atoms with van der Waals surface area (Å²) in [6.07, 6.45) is 2.43. The summed E-state index contributed by atoms with van der Waals surface area (Å²) >= 11 is 12.6.